The molecule has 3 rings (SSSR count). The molecule has 1 N–H and O–H groups in total. The minimum Gasteiger partial charge on any atom is -0.748 e. The third-order valence-electron chi connectivity index (χ3n) is 3.80. The van der Waals surface area contributed by atoms with E-state index in [0.717, 1.165) is 3.57 Å². The monoisotopic (exact) mass is 823 g/mol. The molecule has 0 aliphatic rings. The van der Waals surface area contributed by atoms with Crippen molar-refractivity contribution in [3.8, 4) is 5.75 Å². The number of non-ortho nitro benzene ring substituents is 1. The molecule has 0 spiro atoms. The molecule has 3 aromatic rings. The molecule has 0 unspecified atom stereocenters. The summed E-state index contributed by atoms with van der Waals surface area (Å²) in [5.74, 6) is -1.89. The van der Waals surface area contributed by atoms with E-state index in [9.17, 15) is 33.0 Å². The molecule has 180 valence electrons. The van der Waals surface area contributed by atoms with Crippen LogP contribution in [0.1, 0.15) is 10.4 Å². The van der Waals surface area contributed by atoms with Crippen molar-refractivity contribution in [2.75, 3.05) is 12.4 Å². The normalized spacial score (nSPS) is 10.7. The SMILES string of the molecule is O=C(OCCS(=O)(=O)[O-])c1cc(I)cc(I)c1O.O=[N+]([O-])c1ccc([I+]c2ccccc2)cc1. The summed E-state index contributed by atoms with van der Waals surface area (Å²) in [5, 5.41) is 20.1. The number of hydrogen-bond acceptors (Lipinski definition) is 8. The topological polar surface area (TPSA) is 147 Å². The number of phenols is 1. The van der Waals surface area contributed by atoms with E-state index in [4.69, 9.17) is 0 Å². The summed E-state index contributed by atoms with van der Waals surface area (Å²) >= 11 is 3.59. The van der Waals surface area contributed by atoms with Crippen molar-refractivity contribution >= 4 is 67.0 Å². The Morgan fingerprint density at radius 1 is 1.03 bits per heavy atom. The van der Waals surface area contributed by atoms with Gasteiger partial charge in [-0.3, -0.25) is 10.1 Å². The number of ether oxygens (including phenoxy) is 1. The fraction of sp³-hybridized carbons (Fsp3) is 0.0952. The van der Waals surface area contributed by atoms with E-state index in [0.29, 0.717) is 3.57 Å². The van der Waals surface area contributed by atoms with Gasteiger partial charge in [0.15, 0.2) is 7.14 Å². The summed E-state index contributed by atoms with van der Waals surface area (Å²) in [7, 11) is -4.42. The smallest absolute Gasteiger partial charge is 0.357 e. The van der Waals surface area contributed by atoms with Crippen molar-refractivity contribution in [3.05, 3.63) is 96.7 Å². The van der Waals surface area contributed by atoms with Crippen LogP contribution in [-0.4, -0.2) is 41.3 Å². The highest BCUT2D eigenvalue weighted by Gasteiger charge is 2.17. The van der Waals surface area contributed by atoms with Crippen LogP contribution in [0.25, 0.3) is 0 Å². The first-order valence-corrected chi connectivity index (χ1v) is 15.1. The first-order chi connectivity index (χ1) is 16.0. The van der Waals surface area contributed by atoms with Crippen LogP contribution >= 0.6 is 45.2 Å². The van der Waals surface area contributed by atoms with Crippen LogP contribution in [0.5, 0.6) is 5.75 Å². The molecular formula is C21H16I3NO8S. The van der Waals surface area contributed by atoms with Crippen molar-refractivity contribution in [2.45, 2.75) is 0 Å². The van der Waals surface area contributed by atoms with Gasteiger partial charge in [-0.15, -0.1) is 0 Å². The number of nitrogens with zero attached hydrogens (tertiary/aromatic N) is 1. The highest BCUT2D eigenvalue weighted by Crippen LogP contribution is 2.27. The fourth-order valence-corrected chi connectivity index (χ4v) is 6.61. The van der Waals surface area contributed by atoms with E-state index in [-0.39, 0.29) is 43.1 Å². The Labute approximate surface area is 233 Å². The number of halogens is 3. The summed E-state index contributed by atoms with van der Waals surface area (Å²) in [6.07, 6.45) is 0. The largest absolute Gasteiger partial charge is 0.748 e. The Balaban J connectivity index is 0.000000241. The van der Waals surface area contributed by atoms with Gasteiger partial charge in [0.1, 0.15) is 17.9 Å². The van der Waals surface area contributed by atoms with Crippen LogP contribution in [0.2, 0.25) is 0 Å². The number of carbonyl (C=O) groups excluding carboxylic acids is 1. The van der Waals surface area contributed by atoms with E-state index < -0.39 is 28.4 Å². The van der Waals surface area contributed by atoms with Crippen molar-refractivity contribution in [1.82, 2.24) is 0 Å². The van der Waals surface area contributed by atoms with Crippen molar-refractivity contribution in [1.29, 1.82) is 0 Å². The zero-order valence-corrected chi connectivity index (χ0v) is 24.3. The van der Waals surface area contributed by atoms with Crippen LogP contribution in [0.4, 0.5) is 5.69 Å². The first-order valence-electron chi connectivity index (χ1n) is 9.19. The maximum Gasteiger partial charge on any atom is 0.357 e. The number of hydrogen-bond donors (Lipinski definition) is 1. The van der Waals surface area contributed by atoms with Gasteiger partial charge in [-0.25, -0.2) is 13.2 Å². The summed E-state index contributed by atoms with van der Waals surface area (Å²) in [4.78, 5) is 21.7. The minimum atomic E-state index is -4.42. The number of nitro benzene ring substituents is 1. The average Bonchev–Trinajstić information content (AvgIpc) is 2.77. The van der Waals surface area contributed by atoms with Crippen LogP contribution < -0.4 is 21.2 Å². The molecule has 0 heterocycles. The minimum absolute atomic E-state index is 0.0606. The zero-order chi connectivity index (χ0) is 25.3. The molecule has 0 atom stereocenters. The van der Waals surface area contributed by atoms with E-state index in [2.05, 4.69) is 16.9 Å². The molecule has 0 amide bonds. The molecular weight excluding hydrogens is 807 g/mol. The predicted molar refractivity (Wildman–Crippen MR) is 135 cm³/mol. The molecule has 13 heteroatoms. The van der Waals surface area contributed by atoms with Crippen LogP contribution in [0.15, 0.2) is 66.7 Å². The number of phenolic OH excluding ortho intramolecular Hbond substituents is 1. The molecule has 0 saturated carbocycles. The van der Waals surface area contributed by atoms with Gasteiger partial charge >= 0.3 is 27.2 Å². The van der Waals surface area contributed by atoms with Gasteiger partial charge in [0.2, 0.25) is 0 Å². The molecule has 3 aromatic carbocycles. The Morgan fingerprint density at radius 2 is 1.62 bits per heavy atom. The summed E-state index contributed by atoms with van der Waals surface area (Å²) < 4.78 is 39.3. The molecule has 0 fully saturated rings. The molecule has 0 aromatic heterocycles. The Hall–Kier alpha value is -1.57. The number of esters is 1. The van der Waals surface area contributed by atoms with Crippen LogP contribution in [0.3, 0.4) is 0 Å². The van der Waals surface area contributed by atoms with E-state index >= 15 is 0 Å². The van der Waals surface area contributed by atoms with Crippen LogP contribution in [0, 0.1) is 24.4 Å². The first kappa shape index (κ1) is 28.7. The predicted octanol–water partition coefficient (Wildman–Crippen LogP) is 1.03. The molecule has 9 nitrogen and oxygen atoms in total. The number of carbonyl (C=O) groups is 1. The summed E-state index contributed by atoms with van der Waals surface area (Å²) in [6.45, 7) is -0.536. The lowest BCUT2D eigenvalue weighted by molar-refractivity contribution is -0.597. The molecule has 0 radical (unpaired) electrons. The number of nitro groups is 1. The maximum atomic E-state index is 11.6. The number of benzene rings is 3. The van der Waals surface area contributed by atoms with Crippen molar-refractivity contribution in [3.63, 3.8) is 0 Å². The van der Waals surface area contributed by atoms with Gasteiger partial charge in [-0.05, 0) is 81.6 Å². The third kappa shape index (κ3) is 9.96. The third-order valence-corrected chi connectivity index (χ3v) is 8.60. The second-order valence-electron chi connectivity index (χ2n) is 6.31. The Bertz CT molecular complexity index is 1250. The average molecular weight is 823 g/mol. The second-order valence-corrected chi connectivity index (χ2v) is 13.3. The maximum absolute atomic E-state index is 11.6. The quantitative estimate of drug-likeness (QED) is 0.122. The van der Waals surface area contributed by atoms with E-state index in [1.54, 1.807) is 18.2 Å². The second kappa shape index (κ2) is 13.5. The highest BCUT2D eigenvalue weighted by atomic mass is 127. The molecule has 34 heavy (non-hydrogen) atoms. The number of rotatable bonds is 7. The van der Waals surface area contributed by atoms with E-state index in [1.165, 1.54) is 13.2 Å². The molecule has 0 saturated heterocycles. The Morgan fingerprint density at radius 3 is 2.18 bits per heavy atom. The molecule has 0 aliphatic carbocycles. The highest BCUT2D eigenvalue weighted by molar-refractivity contribution is 14.1. The summed E-state index contributed by atoms with van der Waals surface area (Å²) in [5.41, 5.74) is 0.0930. The summed E-state index contributed by atoms with van der Waals surface area (Å²) in [6, 6.07) is 20.1. The number of aromatic hydroxyl groups is 1. The fourth-order valence-electron chi connectivity index (χ4n) is 2.27. The van der Waals surface area contributed by atoms with Crippen LogP contribution in [-0.2, 0) is 14.9 Å². The van der Waals surface area contributed by atoms with Gasteiger partial charge < -0.3 is 14.4 Å². The van der Waals surface area contributed by atoms with Gasteiger partial charge in [-0.1, -0.05) is 18.2 Å². The van der Waals surface area contributed by atoms with Crippen molar-refractivity contribution < 1.29 is 53.7 Å². The van der Waals surface area contributed by atoms with Gasteiger partial charge in [0.05, 0.1) is 24.4 Å². The lowest BCUT2D eigenvalue weighted by atomic mass is 10.2. The van der Waals surface area contributed by atoms with Gasteiger partial charge in [-0.2, -0.15) is 0 Å². The molecule has 0 bridgehead atoms. The lowest BCUT2D eigenvalue weighted by Crippen LogP contribution is -3.61. The van der Waals surface area contributed by atoms with E-state index in [1.807, 2.05) is 75.5 Å². The van der Waals surface area contributed by atoms with Gasteiger partial charge in [0, 0.05) is 15.7 Å². The Kier molecular flexibility index (Phi) is 11.4. The zero-order valence-electron chi connectivity index (χ0n) is 17.1. The van der Waals surface area contributed by atoms with Crippen molar-refractivity contribution in [2.24, 2.45) is 0 Å². The van der Waals surface area contributed by atoms with Gasteiger partial charge in [0.25, 0.3) is 5.69 Å². The lowest BCUT2D eigenvalue weighted by Gasteiger charge is -2.09. The standard InChI is InChI=1S/C12H9INO2.C9H8I2O6S/c15-14(16)12-8-6-11(7-9-12)13-10-4-2-1-3-5-10;10-5-3-6(8(12)7(11)4-5)9(13)17-1-2-18(14,15)16/h1-9H;3-4,12H,1-2H2,(H,14,15,16)/q+1;/p-1. The molecule has 0 aliphatic heterocycles.